The predicted octanol–water partition coefficient (Wildman–Crippen LogP) is 2.65. The zero-order chi connectivity index (χ0) is 19.5. The maximum absolute atomic E-state index is 9.35. The lowest BCUT2D eigenvalue weighted by molar-refractivity contribution is 0.131. The summed E-state index contributed by atoms with van der Waals surface area (Å²) < 4.78 is 5.55. The topological polar surface area (TPSA) is 69.1 Å². The molecule has 0 bridgehead atoms. The summed E-state index contributed by atoms with van der Waals surface area (Å²) in [4.78, 5) is 6.87. The molecule has 1 aromatic carbocycles. The van der Waals surface area contributed by atoms with Gasteiger partial charge in [-0.15, -0.1) is 24.0 Å². The number of hydrogen-bond acceptors (Lipinski definition) is 4. The minimum Gasteiger partial charge on any atom is -0.396 e. The Labute approximate surface area is 187 Å². The van der Waals surface area contributed by atoms with E-state index >= 15 is 0 Å². The molecule has 28 heavy (non-hydrogen) atoms. The first kappa shape index (κ1) is 25.0. The number of halogens is 1. The van der Waals surface area contributed by atoms with Crippen LogP contribution in [0.4, 0.5) is 5.69 Å². The Morgan fingerprint density at radius 1 is 1.25 bits per heavy atom. The molecular formula is C21H37IN4O2. The molecule has 6 nitrogen and oxygen atoms in total. The SMILES string of the molecule is CCNC(=NCC1(CCO)CCOC1)NCCCc1ccc(N(C)C)cc1.I. The van der Waals surface area contributed by atoms with Gasteiger partial charge in [-0.2, -0.15) is 0 Å². The van der Waals surface area contributed by atoms with E-state index in [0.29, 0.717) is 13.2 Å². The van der Waals surface area contributed by atoms with Gasteiger partial charge in [0.25, 0.3) is 0 Å². The van der Waals surface area contributed by atoms with Crippen molar-refractivity contribution >= 4 is 35.6 Å². The van der Waals surface area contributed by atoms with E-state index in [1.807, 2.05) is 0 Å². The summed E-state index contributed by atoms with van der Waals surface area (Å²) in [5, 5.41) is 16.1. The number of anilines is 1. The van der Waals surface area contributed by atoms with Crippen LogP contribution in [0.1, 0.15) is 31.7 Å². The van der Waals surface area contributed by atoms with Gasteiger partial charge >= 0.3 is 0 Å². The Bertz CT molecular complexity index is 572. The van der Waals surface area contributed by atoms with Crippen molar-refractivity contribution in [3.8, 4) is 0 Å². The smallest absolute Gasteiger partial charge is 0.191 e. The van der Waals surface area contributed by atoms with Crippen molar-refractivity contribution < 1.29 is 9.84 Å². The average Bonchev–Trinajstić information content (AvgIpc) is 3.12. The standard InChI is InChI=1S/C21H36N4O2.HI/c1-4-22-20(24-16-21(11-14-26)12-15-27-17-21)23-13-5-6-18-7-9-19(10-8-18)25(2)3;/h7-10,26H,4-6,11-17H2,1-3H3,(H2,22,23,24);1H. The summed E-state index contributed by atoms with van der Waals surface area (Å²) >= 11 is 0. The fourth-order valence-corrected chi connectivity index (χ4v) is 3.34. The Kier molecular flexibility index (Phi) is 11.8. The lowest BCUT2D eigenvalue weighted by Crippen LogP contribution is -2.39. The van der Waals surface area contributed by atoms with Crippen LogP contribution in [0.3, 0.4) is 0 Å². The van der Waals surface area contributed by atoms with Gasteiger partial charge in [0.1, 0.15) is 0 Å². The first-order valence-electron chi connectivity index (χ1n) is 10.1. The quantitative estimate of drug-likeness (QED) is 0.198. The monoisotopic (exact) mass is 504 g/mol. The Morgan fingerprint density at radius 2 is 2.00 bits per heavy atom. The summed E-state index contributed by atoms with van der Waals surface area (Å²) in [7, 11) is 4.12. The van der Waals surface area contributed by atoms with E-state index < -0.39 is 0 Å². The maximum Gasteiger partial charge on any atom is 0.191 e. The fourth-order valence-electron chi connectivity index (χ4n) is 3.34. The van der Waals surface area contributed by atoms with Gasteiger partial charge in [0, 0.05) is 51.5 Å². The van der Waals surface area contributed by atoms with Gasteiger partial charge in [-0.3, -0.25) is 4.99 Å². The van der Waals surface area contributed by atoms with E-state index in [4.69, 9.17) is 9.73 Å². The molecule has 0 aliphatic carbocycles. The van der Waals surface area contributed by atoms with Crippen molar-refractivity contribution in [2.45, 2.75) is 32.6 Å². The number of nitrogens with one attached hydrogen (secondary N) is 2. The van der Waals surface area contributed by atoms with Gasteiger partial charge in [0.15, 0.2) is 5.96 Å². The van der Waals surface area contributed by atoms with Gasteiger partial charge in [-0.05, 0) is 50.3 Å². The predicted molar refractivity (Wildman–Crippen MR) is 128 cm³/mol. The minimum atomic E-state index is -0.00865. The number of aliphatic hydroxyl groups excluding tert-OH is 1. The first-order chi connectivity index (χ1) is 13.1. The zero-order valence-corrected chi connectivity index (χ0v) is 19.9. The van der Waals surface area contributed by atoms with Gasteiger partial charge in [0.2, 0.25) is 0 Å². The normalized spacial score (nSPS) is 19.2. The Balaban J connectivity index is 0.00000392. The van der Waals surface area contributed by atoms with Gasteiger partial charge in [0.05, 0.1) is 13.2 Å². The molecule has 1 fully saturated rings. The molecule has 1 atom stereocenters. The first-order valence-corrected chi connectivity index (χ1v) is 10.1. The summed E-state index contributed by atoms with van der Waals surface area (Å²) in [6.45, 7) is 6.13. The van der Waals surface area contributed by atoms with Crippen LogP contribution in [0.15, 0.2) is 29.3 Å². The number of benzene rings is 1. The van der Waals surface area contributed by atoms with Crippen molar-refractivity contribution in [3.63, 3.8) is 0 Å². The molecule has 1 saturated heterocycles. The second-order valence-corrected chi connectivity index (χ2v) is 7.56. The number of nitrogens with zero attached hydrogens (tertiary/aromatic N) is 2. The molecule has 1 aliphatic rings. The molecule has 1 heterocycles. The summed E-state index contributed by atoms with van der Waals surface area (Å²) in [6.07, 6.45) is 3.82. The van der Waals surface area contributed by atoms with Gasteiger partial charge in [-0.1, -0.05) is 12.1 Å². The summed E-state index contributed by atoms with van der Waals surface area (Å²) in [6, 6.07) is 8.73. The molecule has 0 aromatic heterocycles. The highest BCUT2D eigenvalue weighted by atomic mass is 127. The van der Waals surface area contributed by atoms with Crippen LogP contribution >= 0.6 is 24.0 Å². The van der Waals surface area contributed by atoms with Gasteiger partial charge < -0.3 is 25.4 Å². The third kappa shape index (κ3) is 8.13. The molecular weight excluding hydrogens is 467 g/mol. The van der Waals surface area contributed by atoms with Crippen LogP contribution in [-0.2, 0) is 11.2 Å². The van der Waals surface area contributed by atoms with Crippen molar-refractivity contribution in [2.24, 2.45) is 10.4 Å². The number of ether oxygens (including phenoxy) is 1. The van der Waals surface area contributed by atoms with Crippen LogP contribution in [0.25, 0.3) is 0 Å². The van der Waals surface area contributed by atoms with Gasteiger partial charge in [-0.25, -0.2) is 0 Å². The number of hydrogen-bond donors (Lipinski definition) is 3. The second kappa shape index (κ2) is 13.2. The van der Waals surface area contributed by atoms with E-state index in [0.717, 1.165) is 51.3 Å². The Hall–Kier alpha value is -1.06. The molecule has 2 rings (SSSR count). The number of aliphatic imine (C=N–C) groups is 1. The lowest BCUT2D eigenvalue weighted by Gasteiger charge is -2.24. The van der Waals surface area contributed by atoms with Crippen molar-refractivity contribution in [1.82, 2.24) is 10.6 Å². The molecule has 0 radical (unpaired) electrons. The number of guanidine groups is 1. The largest absolute Gasteiger partial charge is 0.396 e. The molecule has 0 saturated carbocycles. The van der Waals surface area contributed by atoms with Crippen LogP contribution in [-0.4, -0.2) is 64.6 Å². The molecule has 0 spiro atoms. The Morgan fingerprint density at radius 3 is 2.57 bits per heavy atom. The van der Waals surface area contributed by atoms with E-state index in [1.54, 1.807) is 0 Å². The molecule has 160 valence electrons. The number of rotatable bonds is 10. The fraction of sp³-hybridized carbons (Fsp3) is 0.667. The molecule has 7 heteroatoms. The third-order valence-corrected chi connectivity index (χ3v) is 5.13. The highest BCUT2D eigenvalue weighted by Crippen LogP contribution is 2.32. The van der Waals surface area contributed by atoms with Crippen LogP contribution < -0.4 is 15.5 Å². The zero-order valence-electron chi connectivity index (χ0n) is 17.5. The number of aliphatic hydroxyl groups is 1. The maximum atomic E-state index is 9.35. The molecule has 3 N–H and O–H groups in total. The average molecular weight is 504 g/mol. The van der Waals surface area contributed by atoms with E-state index in [1.165, 1.54) is 11.3 Å². The highest BCUT2D eigenvalue weighted by Gasteiger charge is 2.34. The van der Waals surface area contributed by atoms with Crippen LogP contribution in [0.2, 0.25) is 0 Å². The number of aryl methyl sites for hydroxylation is 1. The van der Waals surface area contributed by atoms with Crippen molar-refractivity contribution in [1.29, 1.82) is 0 Å². The van der Waals surface area contributed by atoms with E-state index in [-0.39, 0.29) is 36.0 Å². The minimum absolute atomic E-state index is 0. The summed E-state index contributed by atoms with van der Waals surface area (Å²) in [5.74, 6) is 0.852. The molecule has 1 unspecified atom stereocenters. The summed E-state index contributed by atoms with van der Waals surface area (Å²) in [5.41, 5.74) is 2.58. The lowest BCUT2D eigenvalue weighted by atomic mass is 9.84. The van der Waals surface area contributed by atoms with E-state index in [2.05, 4.69) is 60.8 Å². The van der Waals surface area contributed by atoms with Crippen LogP contribution in [0, 0.1) is 5.41 Å². The third-order valence-electron chi connectivity index (χ3n) is 5.13. The van der Waals surface area contributed by atoms with E-state index in [9.17, 15) is 5.11 Å². The van der Waals surface area contributed by atoms with Crippen LogP contribution in [0.5, 0.6) is 0 Å². The van der Waals surface area contributed by atoms with Crippen molar-refractivity contribution in [3.05, 3.63) is 29.8 Å². The highest BCUT2D eigenvalue weighted by molar-refractivity contribution is 14.0. The second-order valence-electron chi connectivity index (χ2n) is 7.56. The molecule has 1 aromatic rings. The molecule has 1 aliphatic heterocycles. The van der Waals surface area contributed by atoms with Crippen molar-refractivity contribution in [2.75, 3.05) is 58.5 Å². The molecule has 0 amide bonds.